The molecule has 1 aliphatic heterocycles. The Bertz CT molecular complexity index is 412. The summed E-state index contributed by atoms with van der Waals surface area (Å²) in [6, 6.07) is 5.96. The van der Waals surface area contributed by atoms with Crippen LogP contribution in [0.5, 0.6) is 0 Å². The van der Waals surface area contributed by atoms with Gasteiger partial charge in [-0.3, -0.25) is 0 Å². The lowest BCUT2D eigenvalue weighted by Gasteiger charge is -2.20. The molecule has 1 heterocycles. The molecule has 0 saturated carbocycles. The Morgan fingerprint density at radius 1 is 1.44 bits per heavy atom. The Balaban J connectivity index is 2.29. The molecule has 86 valence electrons. The van der Waals surface area contributed by atoms with Crippen LogP contribution in [0, 0.1) is 6.92 Å². The van der Waals surface area contributed by atoms with E-state index in [9.17, 15) is 5.11 Å². The first kappa shape index (κ1) is 11.7. The SMILES string of the molecule is Cc1ccc(Br)cc1C(O)C1=COCCC1. The minimum Gasteiger partial charge on any atom is -0.501 e. The quantitative estimate of drug-likeness (QED) is 0.900. The summed E-state index contributed by atoms with van der Waals surface area (Å²) in [4.78, 5) is 0. The topological polar surface area (TPSA) is 29.5 Å². The fourth-order valence-electron chi connectivity index (χ4n) is 1.89. The average molecular weight is 283 g/mol. The molecule has 1 aromatic carbocycles. The second kappa shape index (κ2) is 5.02. The summed E-state index contributed by atoms with van der Waals surface area (Å²) in [5.74, 6) is 0. The zero-order chi connectivity index (χ0) is 11.5. The Morgan fingerprint density at radius 2 is 2.25 bits per heavy atom. The molecule has 1 N–H and O–H groups in total. The van der Waals surface area contributed by atoms with E-state index in [1.54, 1.807) is 6.26 Å². The van der Waals surface area contributed by atoms with Crippen LogP contribution in [0.25, 0.3) is 0 Å². The van der Waals surface area contributed by atoms with E-state index < -0.39 is 6.10 Å². The number of hydrogen-bond donors (Lipinski definition) is 1. The highest BCUT2D eigenvalue weighted by Crippen LogP contribution is 2.30. The Labute approximate surface area is 104 Å². The fraction of sp³-hybridized carbons (Fsp3) is 0.385. The summed E-state index contributed by atoms with van der Waals surface area (Å²) in [6.07, 6.45) is 3.05. The lowest BCUT2D eigenvalue weighted by atomic mass is 9.95. The Kier molecular flexibility index (Phi) is 3.66. The van der Waals surface area contributed by atoms with Gasteiger partial charge in [-0.05, 0) is 48.6 Å². The van der Waals surface area contributed by atoms with E-state index in [4.69, 9.17) is 4.74 Å². The van der Waals surface area contributed by atoms with E-state index in [2.05, 4.69) is 15.9 Å². The van der Waals surface area contributed by atoms with E-state index >= 15 is 0 Å². The van der Waals surface area contributed by atoms with E-state index in [1.165, 1.54) is 0 Å². The summed E-state index contributed by atoms with van der Waals surface area (Å²) in [6.45, 7) is 2.77. The highest BCUT2D eigenvalue weighted by Gasteiger charge is 2.18. The molecule has 3 heteroatoms. The summed E-state index contributed by atoms with van der Waals surface area (Å²) in [5, 5.41) is 10.3. The number of benzene rings is 1. The van der Waals surface area contributed by atoms with Crippen molar-refractivity contribution in [2.45, 2.75) is 25.9 Å². The number of ether oxygens (including phenoxy) is 1. The third kappa shape index (κ3) is 2.47. The second-order valence-electron chi connectivity index (χ2n) is 4.07. The van der Waals surface area contributed by atoms with Crippen LogP contribution in [0.2, 0.25) is 0 Å². The third-order valence-corrected chi connectivity index (χ3v) is 3.34. The monoisotopic (exact) mass is 282 g/mol. The van der Waals surface area contributed by atoms with Crippen molar-refractivity contribution in [3.8, 4) is 0 Å². The first-order valence-electron chi connectivity index (χ1n) is 5.43. The first-order valence-corrected chi connectivity index (χ1v) is 6.22. The van der Waals surface area contributed by atoms with Crippen LogP contribution >= 0.6 is 15.9 Å². The molecule has 16 heavy (non-hydrogen) atoms. The zero-order valence-corrected chi connectivity index (χ0v) is 10.8. The molecule has 0 fully saturated rings. The van der Waals surface area contributed by atoms with Gasteiger partial charge in [0.05, 0.1) is 12.9 Å². The molecule has 1 aromatic rings. The van der Waals surface area contributed by atoms with Gasteiger partial charge in [0.2, 0.25) is 0 Å². The maximum Gasteiger partial charge on any atom is 0.104 e. The van der Waals surface area contributed by atoms with Crippen molar-refractivity contribution in [2.75, 3.05) is 6.61 Å². The van der Waals surface area contributed by atoms with Gasteiger partial charge < -0.3 is 9.84 Å². The number of halogens is 1. The summed E-state index contributed by atoms with van der Waals surface area (Å²) >= 11 is 3.43. The van der Waals surface area contributed by atoms with Crippen molar-refractivity contribution in [1.82, 2.24) is 0 Å². The van der Waals surface area contributed by atoms with Gasteiger partial charge in [-0.2, -0.15) is 0 Å². The molecule has 0 bridgehead atoms. The van der Waals surface area contributed by atoms with Gasteiger partial charge >= 0.3 is 0 Å². The van der Waals surface area contributed by atoms with Gasteiger partial charge in [0.15, 0.2) is 0 Å². The summed E-state index contributed by atoms with van der Waals surface area (Å²) < 4.78 is 6.25. The van der Waals surface area contributed by atoms with Gasteiger partial charge in [-0.25, -0.2) is 0 Å². The van der Waals surface area contributed by atoms with Crippen LogP contribution < -0.4 is 0 Å². The van der Waals surface area contributed by atoms with Gasteiger partial charge in [0.1, 0.15) is 6.10 Å². The molecule has 0 aromatic heterocycles. The molecule has 1 atom stereocenters. The number of aliphatic hydroxyl groups excluding tert-OH is 1. The van der Waals surface area contributed by atoms with Crippen molar-refractivity contribution in [2.24, 2.45) is 0 Å². The lowest BCUT2D eigenvalue weighted by molar-refractivity contribution is 0.170. The number of aryl methyl sites for hydroxylation is 1. The molecular formula is C13H15BrO2. The van der Waals surface area contributed by atoms with Crippen molar-refractivity contribution in [3.63, 3.8) is 0 Å². The standard InChI is InChI=1S/C13H15BrO2/c1-9-4-5-11(14)7-12(9)13(15)10-3-2-6-16-8-10/h4-5,7-8,13,15H,2-3,6H2,1H3. The van der Waals surface area contributed by atoms with Crippen LogP contribution in [-0.2, 0) is 4.74 Å². The van der Waals surface area contributed by atoms with E-state index in [-0.39, 0.29) is 0 Å². The number of hydrogen-bond acceptors (Lipinski definition) is 2. The number of rotatable bonds is 2. The highest BCUT2D eigenvalue weighted by atomic mass is 79.9. The molecule has 2 nitrogen and oxygen atoms in total. The zero-order valence-electron chi connectivity index (χ0n) is 9.24. The van der Waals surface area contributed by atoms with Crippen LogP contribution in [-0.4, -0.2) is 11.7 Å². The maximum atomic E-state index is 10.3. The molecule has 0 radical (unpaired) electrons. The predicted octanol–water partition coefficient (Wildman–Crippen LogP) is 3.49. The normalized spacial score (nSPS) is 17.6. The van der Waals surface area contributed by atoms with Gasteiger partial charge in [0.25, 0.3) is 0 Å². The molecule has 0 saturated heterocycles. The predicted molar refractivity (Wildman–Crippen MR) is 67.1 cm³/mol. The van der Waals surface area contributed by atoms with Crippen LogP contribution in [0.15, 0.2) is 34.5 Å². The Hall–Kier alpha value is -0.800. The van der Waals surface area contributed by atoms with Crippen LogP contribution in [0.3, 0.4) is 0 Å². The average Bonchev–Trinajstić information content (AvgIpc) is 2.32. The molecule has 0 amide bonds. The summed E-state index contributed by atoms with van der Waals surface area (Å²) in [5.41, 5.74) is 3.01. The van der Waals surface area contributed by atoms with E-state index in [1.807, 2.05) is 25.1 Å². The molecule has 1 unspecified atom stereocenters. The van der Waals surface area contributed by atoms with E-state index in [0.29, 0.717) is 0 Å². The van der Waals surface area contributed by atoms with Crippen LogP contribution in [0.1, 0.15) is 30.1 Å². The van der Waals surface area contributed by atoms with Crippen molar-refractivity contribution >= 4 is 15.9 Å². The summed E-state index contributed by atoms with van der Waals surface area (Å²) in [7, 11) is 0. The van der Waals surface area contributed by atoms with Gasteiger partial charge in [-0.15, -0.1) is 0 Å². The van der Waals surface area contributed by atoms with Gasteiger partial charge in [0, 0.05) is 4.47 Å². The van der Waals surface area contributed by atoms with Crippen LogP contribution in [0.4, 0.5) is 0 Å². The lowest BCUT2D eigenvalue weighted by Crippen LogP contribution is -2.09. The Morgan fingerprint density at radius 3 is 2.94 bits per heavy atom. The fourth-order valence-corrected chi connectivity index (χ4v) is 2.27. The highest BCUT2D eigenvalue weighted by molar-refractivity contribution is 9.10. The molecule has 0 aliphatic carbocycles. The second-order valence-corrected chi connectivity index (χ2v) is 4.99. The van der Waals surface area contributed by atoms with Gasteiger partial charge in [-0.1, -0.05) is 22.0 Å². The molecule has 2 rings (SSSR count). The van der Waals surface area contributed by atoms with Crippen molar-refractivity contribution in [1.29, 1.82) is 0 Å². The number of aliphatic hydroxyl groups is 1. The van der Waals surface area contributed by atoms with Crippen molar-refractivity contribution < 1.29 is 9.84 Å². The molecule has 0 spiro atoms. The van der Waals surface area contributed by atoms with Crippen molar-refractivity contribution in [3.05, 3.63) is 45.6 Å². The van der Waals surface area contributed by atoms with E-state index in [0.717, 1.165) is 40.6 Å². The third-order valence-electron chi connectivity index (χ3n) is 2.85. The minimum atomic E-state index is -0.544. The smallest absolute Gasteiger partial charge is 0.104 e. The molecule has 1 aliphatic rings. The maximum absolute atomic E-state index is 10.3. The molecular weight excluding hydrogens is 268 g/mol. The minimum absolute atomic E-state index is 0.544. The first-order chi connectivity index (χ1) is 7.68. The largest absolute Gasteiger partial charge is 0.501 e.